The van der Waals surface area contributed by atoms with Crippen molar-refractivity contribution in [2.45, 2.75) is 38.8 Å². The Morgan fingerprint density at radius 2 is 2.08 bits per heavy atom. The first-order valence-corrected chi connectivity index (χ1v) is 8.84. The quantitative estimate of drug-likeness (QED) is 0.717. The molecule has 2 aromatic heterocycles. The van der Waals surface area contributed by atoms with Crippen LogP contribution in [0.1, 0.15) is 42.3 Å². The van der Waals surface area contributed by atoms with Gasteiger partial charge in [0.25, 0.3) is 0 Å². The molecule has 128 valence electrons. The minimum atomic E-state index is 0.186. The molecule has 0 amide bonds. The molecule has 4 rings (SSSR count). The Morgan fingerprint density at radius 1 is 1.16 bits per heavy atom. The minimum Gasteiger partial charge on any atom is -0.337 e. The van der Waals surface area contributed by atoms with Gasteiger partial charge in [0.2, 0.25) is 11.7 Å². The summed E-state index contributed by atoms with van der Waals surface area (Å²) >= 11 is 0. The second-order valence-electron chi connectivity index (χ2n) is 6.61. The zero-order valence-corrected chi connectivity index (χ0v) is 14.4. The normalized spacial score (nSPS) is 18.4. The lowest BCUT2D eigenvalue weighted by atomic mass is 10.00. The Morgan fingerprint density at radius 3 is 2.92 bits per heavy atom. The summed E-state index contributed by atoms with van der Waals surface area (Å²) in [5, 5.41) is 4.17. The van der Waals surface area contributed by atoms with Gasteiger partial charge in [0.1, 0.15) is 0 Å². The van der Waals surface area contributed by atoms with E-state index in [0.717, 1.165) is 25.1 Å². The topological polar surface area (TPSA) is 55.1 Å². The highest BCUT2D eigenvalue weighted by Crippen LogP contribution is 2.32. The first kappa shape index (κ1) is 16.0. The molecule has 5 nitrogen and oxygen atoms in total. The van der Waals surface area contributed by atoms with Crippen molar-refractivity contribution in [3.63, 3.8) is 0 Å². The summed E-state index contributed by atoms with van der Waals surface area (Å²) in [6.07, 6.45) is 6.97. The maximum absolute atomic E-state index is 5.63. The molecular formula is C20H22N4O. The molecule has 1 aliphatic heterocycles. The number of aromatic nitrogens is 3. The Kier molecular flexibility index (Phi) is 4.57. The molecule has 0 unspecified atom stereocenters. The zero-order valence-electron chi connectivity index (χ0n) is 14.4. The summed E-state index contributed by atoms with van der Waals surface area (Å²) in [5.74, 6) is 1.33. The van der Waals surface area contributed by atoms with Gasteiger partial charge < -0.3 is 4.52 Å². The summed E-state index contributed by atoms with van der Waals surface area (Å²) in [6.45, 7) is 4.15. The van der Waals surface area contributed by atoms with Crippen molar-refractivity contribution in [1.82, 2.24) is 20.0 Å². The number of rotatable bonds is 4. The van der Waals surface area contributed by atoms with E-state index in [-0.39, 0.29) is 6.04 Å². The van der Waals surface area contributed by atoms with E-state index >= 15 is 0 Å². The lowest BCUT2D eigenvalue weighted by molar-refractivity contribution is 0.111. The van der Waals surface area contributed by atoms with Crippen LogP contribution in [0.3, 0.4) is 0 Å². The van der Waals surface area contributed by atoms with E-state index in [0.29, 0.717) is 11.7 Å². The number of pyridine rings is 1. The summed E-state index contributed by atoms with van der Waals surface area (Å²) in [6, 6.07) is 12.6. The Bertz CT molecular complexity index is 830. The third kappa shape index (κ3) is 3.46. The molecule has 1 fully saturated rings. The summed E-state index contributed by atoms with van der Waals surface area (Å²) < 4.78 is 5.63. The molecule has 3 aromatic rings. The fraction of sp³-hybridized carbons (Fsp3) is 0.350. The first-order valence-electron chi connectivity index (χ1n) is 8.84. The largest absolute Gasteiger partial charge is 0.337 e. The fourth-order valence-corrected chi connectivity index (χ4v) is 3.45. The predicted octanol–water partition coefficient (Wildman–Crippen LogP) is 4.17. The second-order valence-corrected chi connectivity index (χ2v) is 6.61. The number of hydrogen-bond acceptors (Lipinski definition) is 5. The van der Waals surface area contributed by atoms with Crippen molar-refractivity contribution in [3.05, 3.63) is 65.8 Å². The maximum Gasteiger partial charge on any atom is 0.244 e. The highest BCUT2D eigenvalue weighted by atomic mass is 16.5. The number of aryl methyl sites for hydroxylation is 1. The van der Waals surface area contributed by atoms with Crippen LogP contribution < -0.4 is 0 Å². The van der Waals surface area contributed by atoms with Gasteiger partial charge in [-0.05, 0) is 49.6 Å². The van der Waals surface area contributed by atoms with Crippen molar-refractivity contribution in [3.8, 4) is 11.4 Å². The molecular weight excluding hydrogens is 312 g/mol. The van der Waals surface area contributed by atoms with E-state index in [9.17, 15) is 0 Å². The van der Waals surface area contributed by atoms with Crippen LogP contribution in [0.2, 0.25) is 0 Å². The van der Waals surface area contributed by atoms with Crippen LogP contribution >= 0.6 is 0 Å². The van der Waals surface area contributed by atoms with E-state index < -0.39 is 0 Å². The summed E-state index contributed by atoms with van der Waals surface area (Å²) in [5.41, 5.74) is 3.58. The number of piperidine rings is 1. The Labute approximate surface area is 147 Å². The average Bonchev–Trinajstić information content (AvgIpc) is 3.15. The standard InChI is InChI=1S/C20H22N4O/c1-15-7-2-3-8-17(15)14-24-12-5-4-10-18(24)20-22-19(23-25-20)16-9-6-11-21-13-16/h2-3,6-9,11,13,18H,4-5,10,12,14H2,1H3/t18-/m1/s1. The summed E-state index contributed by atoms with van der Waals surface area (Å²) in [4.78, 5) is 11.3. The van der Waals surface area contributed by atoms with Gasteiger partial charge in [0.15, 0.2) is 0 Å². The molecule has 0 spiro atoms. The molecule has 25 heavy (non-hydrogen) atoms. The molecule has 0 saturated carbocycles. The van der Waals surface area contributed by atoms with E-state index in [1.165, 1.54) is 24.0 Å². The van der Waals surface area contributed by atoms with Gasteiger partial charge in [0.05, 0.1) is 6.04 Å². The first-order chi connectivity index (χ1) is 12.3. The molecule has 1 aromatic carbocycles. The van der Waals surface area contributed by atoms with E-state index in [4.69, 9.17) is 4.52 Å². The molecule has 0 bridgehead atoms. The van der Waals surface area contributed by atoms with Crippen LogP contribution in [0.4, 0.5) is 0 Å². The van der Waals surface area contributed by atoms with Crippen LogP contribution in [0.25, 0.3) is 11.4 Å². The van der Waals surface area contributed by atoms with Crippen molar-refractivity contribution >= 4 is 0 Å². The monoisotopic (exact) mass is 334 g/mol. The second kappa shape index (κ2) is 7.15. The highest BCUT2D eigenvalue weighted by Gasteiger charge is 2.29. The van der Waals surface area contributed by atoms with Crippen molar-refractivity contribution in [2.75, 3.05) is 6.54 Å². The third-order valence-electron chi connectivity index (χ3n) is 4.89. The van der Waals surface area contributed by atoms with Crippen LogP contribution in [0, 0.1) is 6.92 Å². The molecule has 1 aliphatic rings. The third-order valence-corrected chi connectivity index (χ3v) is 4.89. The Balaban J connectivity index is 1.57. The minimum absolute atomic E-state index is 0.186. The molecule has 1 atom stereocenters. The SMILES string of the molecule is Cc1ccccc1CN1CCCC[C@@H]1c1nc(-c2cccnc2)no1. The van der Waals surface area contributed by atoms with Crippen LogP contribution in [0.15, 0.2) is 53.3 Å². The number of hydrogen-bond donors (Lipinski definition) is 0. The fourth-order valence-electron chi connectivity index (χ4n) is 3.45. The van der Waals surface area contributed by atoms with Crippen LogP contribution in [-0.2, 0) is 6.54 Å². The maximum atomic E-state index is 5.63. The molecule has 0 aliphatic carbocycles. The smallest absolute Gasteiger partial charge is 0.244 e. The molecule has 3 heterocycles. The van der Waals surface area contributed by atoms with Gasteiger partial charge in [0, 0.05) is 24.5 Å². The lowest BCUT2D eigenvalue weighted by Gasteiger charge is -2.33. The van der Waals surface area contributed by atoms with Crippen molar-refractivity contribution in [1.29, 1.82) is 0 Å². The van der Waals surface area contributed by atoms with E-state index in [1.807, 2.05) is 12.1 Å². The predicted molar refractivity (Wildman–Crippen MR) is 95.7 cm³/mol. The number of nitrogens with zero attached hydrogens (tertiary/aromatic N) is 4. The average molecular weight is 334 g/mol. The van der Waals surface area contributed by atoms with Crippen molar-refractivity contribution < 1.29 is 4.52 Å². The number of likely N-dealkylation sites (tertiary alicyclic amines) is 1. The van der Waals surface area contributed by atoms with E-state index in [2.05, 4.69) is 51.2 Å². The van der Waals surface area contributed by atoms with Crippen molar-refractivity contribution in [2.24, 2.45) is 0 Å². The van der Waals surface area contributed by atoms with Gasteiger partial charge in [-0.1, -0.05) is 35.8 Å². The van der Waals surface area contributed by atoms with Gasteiger partial charge in [-0.3, -0.25) is 9.88 Å². The summed E-state index contributed by atoms with van der Waals surface area (Å²) in [7, 11) is 0. The zero-order chi connectivity index (χ0) is 17.1. The van der Waals surface area contributed by atoms with Gasteiger partial charge in [-0.25, -0.2) is 0 Å². The van der Waals surface area contributed by atoms with E-state index in [1.54, 1.807) is 12.4 Å². The lowest BCUT2D eigenvalue weighted by Crippen LogP contribution is -2.33. The van der Waals surface area contributed by atoms with Gasteiger partial charge in [-0.15, -0.1) is 0 Å². The molecule has 0 N–H and O–H groups in total. The van der Waals surface area contributed by atoms with Gasteiger partial charge >= 0.3 is 0 Å². The van der Waals surface area contributed by atoms with Gasteiger partial charge in [-0.2, -0.15) is 4.98 Å². The molecule has 5 heteroatoms. The highest BCUT2D eigenvalue weighted by molar-refractivity contribution is 5.51. The Hall–Kier alpha value is -2.53. The number of benzene rings is 1. The molecule has 1 saturated heterocycles. The van der Waals surface area contributed by atoms with Crippen LogP contribution in [-0.4, -0.2) is 26.6 Å². The molecule has 0 radical (unpaired) electrons. The van der Waals surface area contributed by atoms with Crippen LogP contribution in [0.5, 0.6) is 0 Å².